The van der Waals surface area contributed by atoms with Gasteiger partial charge in [-0.3, -0.25) is 0 Å². The first-order chi connectivity index (χ1) is 9.63. The second-order valence-corrected chi connectivity index (χ2v) is 4.57. The van der Waals surface area contributed by atoms with E-state index in [2.05, 4.69) is 5.32 Å². The Labute approximate surface area is 118 Å². The van der Waals surface area contributed by atoms with Crippen molar-refractivity contribution >= 4 is 11.4 Å². The molecule has 0 heterocycles. The Hall–Kier alpha value is -1.94. The number of rotatable bonds is 5. The zero-order valence-corrected chi connectivity index (χ0v) is 11.7. The van der Waals surface area contributed by atoms with E-state index in [1.54, 1.807) is 6.07 Å². The molecule has 4 heteroatoms. The van der Waals surface area contributed by atoms with Crippen molar-refractivity contribution in [3.05, 3.63) is 59.7 Å². The number of benzene rings is 2. The fourth-order valence-corrected chi connectivity index (χ4v) is 2.25. The SMILES string of the molecule is CCN(c1cccc(F)c1)c1cc(F)cc(CNC)c1. The summed E-state index contributed by atoms with van der Waals surface area (Å²) in [6.07, 6.45) is 0. The van der Waals surface area contributed by atoms with Gasteiger partial charge in [0.1, 0.15) is 11.6 Å². The number of nitrogens with zero attached hydrogens (tertiary/aromatic N) is 1. The summed E-state index contributed by atoms with van der Waals surface area (Å²) in [5.41, 5.74) is 2.30. The molecule has 0 amide bonds. The van der Waals surface area contributed by atoms with Crippen LogP contribution in [0.3, 0.4) is 0 Å². The van der Waals surface area contributed by atoms with Crippen molar-refractivity contribution in [3.63, 3.8) is 0 Å². The van der Waals surface area contributed by atoms with Crippen molar-refractivity contribution in [1.82, 2.24) is 5.32 Å². The summed E-state index contributed by atoms with van der Waals surface area (Å²) in [7, 11) is 1.81. The van der Waals surface area contributed by atoms with E-state index in [9.17, 15) is 8.78 Å². The van der Waals surface area contributed by atoms with Gasteiger partial charge in [-0.25, -0.2) is 8.78 Å². The molecule has 0 radical (unpaired) electrons. The molecule has 0 spiro atoms. The highest BCUT2D eigenvalue weighted by molar-refractivity contribution is 5.63. The van der Waals surface area contributed by atoms with Crippen LogP contribution in [0.2, 0.25) is 0 Å². The quantitative estimate of drug-likeness (QED) is 0.892. The van der Waals surface area contributed by atoms with Gasteiger partial charge in [0.15, 0.2) is 0 Å². The Morgan fingerprint density at radius 2 is 1.75 bits per heavy atom. The van der Waals surface area contributed by atoms with Crippen LogP contribution in [0.4, 0.5) is 20.2 Å². The van der Waals surface area contributed by atoms with E-state index in [0.29, 0.717) is 18.8 Å². The van der Waals surface area contributed by atoms with Gasteiger partial charge >= 0.3 is 0 Å². The normalized spacial score (nSPS) is 10.6. The number of hydrogen-bond acceptors (Lipinski definition) is 2. The van der Waals surface area contributed by atoms with E-state index in [1.165, 1.54) is 24.3 Å². The molecule has 0 fully saturated rings. The van der Waals surface area contributed by atoms with Gasteiger partial charge in [-0.05, 0) is 55.9 Å². The molecule has 0 saturated heterocycles. The summed E-state index contributed by atoms with van der Waals surface area (Å²) in [5, 5.41) is 3.00. The lowest BCUT2D eigenvalue weighted by Crippen LogP contribution is -2.17. The minimum absolute atomic E-state index is 0.289. The molecule has 2 aromatic carbocycles. The van der Waals surface area contributed by atoms with Gasteiger partial charge in [0, 0.05) is 24.5 Å². The van der Waals surface area contributed by atoms with Gasteiger partial charge in [0.2, 0.25) is 0 Å². The van der Waals surface area contributed by atoms with E-state index in [4.69, 9.17) is 0 Å². The molecule has 0 aromatic heterocycles. The lowest BCUT2D eigenvalue weighted by atomic mass is 10.1. The Kier molecular flexibility index (Phi) is 4.69. The minimum atomic E-state index is -0.298. The molecule has 0 saturated carbocycles. The molecule has 0 atom stereocenters. The van der Waals surface area contributed by atoms with E-state index in [0.717, 1.165) is 11.3 Å². The second kappa shape index (κ2) is 6.48. The summed E-state index contributed by atoms with van der Waals surface area (Å²) in [6, 6.07) is 11.2. The zero-order valence-electron chi connectivity index (χ0n) is 11.7. The first-order valence-electron chi connectivity index (χ1n) is 6.61. The fraction of sp³-hybridized carbons (Fsp3) is 0.250. The van der Waals surface area contributed by atoms with Gasteiger partial charge in [-0.15, -0.1) is 0 Å². The summed E-state index contributed by atoms with van der Waals surface area (Å²) in [4.78, 5) is 1.88. The van der Waals surface area contributed by atoms with Crippen LogP contribution in [0.25, 0.3) is 0 Å². The molecule has 0 unspecified atom stereocenters. The van der Waals surface area contributed by atoms with E-state index < -0.39 is 0 Å². The Balaban J connectivity index is 2.41. The molecule has 1 N–H and O–H groups in total. The first-order valence-corrected chi connectivity index (χ1v) is 6.61. The standard InChI is InChI=1S/C16H18F2N2/c1-3-20(15-6-4-5-13(17)9-15)16-8-12(11-19-2)7-14(18)10-16/h4-10,19H,3,11H2,1-2H3. The van der Waals surface area contributed by atoms with E-state index in [-0.39, 0.29) is 11.6 Å². The topological polar surface area (TPSA) is 15.3 Å². The predicted molar refractivity (Wildman–Crippen MR) is 78.2 cm³/mol. The average Bonchev–Trinajstić information content (AvgIpc) is 2.39. The maximum absolute atomic E-state index is 13.7. The van der Waals surface area contributed by atoms with Crippen molar-refractivity contribution in [2.75, 3.05) is 18.5 Å². The lowest BCUT2D eigenvalue weighted by molar-refractivity contribution is 0.623. The number of anilines is 2. The lowest BCUT2D eigenvalue weighted by Gasteiger charge is -2.24. The average molecular weight is 276 g/mol. The zero-order chi connectivity index (χ0) is 14.5. The second-order valence-electron chi connectivity index (χ2n) is 4.57. The van der Waals surface area contributed by atoms with Crippen LogP contribution in [-0.4, -0.2) is 13.6 Å². The highest BCUT2D eigenvalue weighted by atomic mass is 19.1. The third-order valence-corrected chi connectivity index (χ3v) is 3.07. The highest BCUT2D eigenvalue weighted by Gasteiger charge is 2.10. The molecule has 0 aliphatic heterocycles. The van der Waals surface area contributed by atoms with Crippen molar-refractivity contribution in [2.24, 2.45) is 0 Å². The molecule has 2 rings (SSSR count). The molecule has 0 bridgehead atoms. The van der Waals surface area contributed by atoms with Crippen molar-refractivity contribution < 1.29 is 8.78 Å². The molecule has 0 aliphatic carbocycles. The summed E-state index contributed by atoms with van der Waals surface area (Å²) < 4.78 is 27.1. The van der Waals surface area contributed by atoms with Crippen LogP contribution >= 0.6 is 0 Å². The van der Waals surface area contributed by atoms with E-state index >= 15 is 0 Å². The summed E-state index contributed by atoms with van der Waals surface area (Å²) >= 11 is 0. The highest BCUT2D eigenvalue weighted by Crippen LogP contribution is 2.27. The summed E-state index contributed by atoms with van der Waals surface area (Å²) in [5.74, 6) is -0.588. The Morgan fingerprint density at radius 3 is 2.40 bits per heavy atom. The molecular formula is C16H18F2N2. The minimum Gasteiger partial charge on any atom is -0.342 e. The van der Waals surface area contributed by atoms with Crippen LogP contribution in [0.1, 0.15) is 12.5 Å². The van der Waals surface area contributed by atoms with Gasteiger partial charge in [0.05, 0.1) is 0 Å². The van der Waals surface area contributed by atoms with Crippen LogP contribution in [0.5, 0.6) is 0 Å². The Morgan fingerprint density at radius 1 is 1.00 bits per heavy atom. The maximum Gasteiger partial charge on any atom is 0.125 e. The number of halogens is 2. The molecule has 2 aromatic rings. The maximum atomic E-state index is 13.7. The van der Waals surface area contributed by atoms with Crippen LogP contribution < -0.4 is 10.2 Å². The largest absolute Gasteiger partial charge is 0.342 e. The van der Waals surface area contributed by atoms with Gasteiger partial charge in [0.25, 0.3) is 0 Å². The first kappa shape index (κ1) is 14.5. The van der Waals surface area contributed by atoms with Crippen molar-refractivity contribution in [1.29, 1.82) is 0 Å². The van der Waals surface area contributed by atoms with Crippen LogP contribution in [-0.2, 0) is 6.54 Å². The van der Waals surface area contributed by atoms with Crippen LogP contribution in [0.15, 0.2) is 42.5 Å². The van der Waals surface area contributed by atoms with Gasteiger partial charge < -0.3 is 10.2 Å². The monoisotopic (exact) mass is 276 g/mol. The van der Waals surface area contributed by atoms with Gasteiger partial charge in [-0.1, -0.05) is 6.07 Å². The van der Waals surface area contributed by atoms with Gasteiger partial charge in [-0.2, -0.15) is 0 Å². The smallest absolute Gasteiger partial charge is 0.125 e. The van der Waals surface area contributed by atoms with Crippen molar-refractivity contribution in [3.8, 4) is 0 Å². The van der Waals surface area contributed by atoms with Crippen LogP contribution in [0, 0.1) is 11.6 Å². The third kappa shape index (κ3) is 3.33. The predicted octanol–water partition coefficient (Wildman–Crippen LogP) is 3.84. The molecule has 106 valence electrons. The number of nitrogens with one attached hydrogen (secondary N) is 1. The molecule has 0 aliphatic rings. The van der Waals surface area contributed by atoms with E-state index in [1.807, 2.05) is 31.0 Å². The van der Waals surface area contributed by atoms with Crippen molar-refractivity contribution in [2.45, 2.75) is 13.5 Å². The molecular weight excluding hydrogens is 258 g/mol. The third-order valence-electron chi connectivity index (χ3n) is 3.07. The molecule has 2 nitrogen and oxygen atoms in total. The summed E-state index contributed by atoms with van der Waals surface area (Å²) in [6.45, 7) is 3.17. The Bertz CT molecular complexity index is 584. The number of hydrogen-bond donors (Lipinski definition) is 1. The molecule has 20 heavy (non-hydrogen) atoms. The fourth-order valence-electron chi connectivity index (χ4n) is 2.25.